The number of hydrogen-bond donors (Lipinski definition) is 0. The van der Waals surface area contributed by atoms with E-state index in [4.69, 9.17) is 4.74 Å². The Hall–Kier alpha value is -2.57. The number of fused-ring (bicyclic) bond motifs is 1. The van der Waals surface area contributed by atoms with Crippen molar-refractivity contribution < 1.29 is 19.1 Å². The van der Waals surface area contributed by atoms with E-state index < -0.39 is 0 Å². The van der Waals surface area contributed by atoms with Crippen molar-refractivity contribution >= 4 is 17.9 Å². The van der Waals surface area contributed by atoms with Gasteiger partial charge in [-0.05, 0) is 43.4 Å². The summed E-state index contributed by atoms with van der Waals surface area (Å²) in [6.07, 6.45) is 1.42. The van der Waals surface area contributed by atoms with E-state index in [0.717, 1.165) is 29.5 Å². The molecular weight excluding hydrogens is 370 g/mol. The molecule has 3 aliphatic rings. The number of carbonyl (C=O) groups excluding carboxylic acids is 3. The summed E-state index contributed by atoms with van der Waals surface area (Å²) in [5, 5.41) is 0. The highest BCUT2D eigenvalue weighted by molar-refractivity contribution is 5.80. The van der Waals surface area contributed by atoms with Crippen LogP contribution in [0, 0.1) is 13.8 Å². The third-order valence-electron chi connectivity index (χ3n) is 6.69. The van der Waals surface area contributed by atoms with Crippen molar-refractivity contribution in [1.29, 1.82) is 0 Å². The first kappa shape index (κ1) is 19.7. The molecule has 1 aromatic rings. The third-order valence-corrected chi connectivity index (χ3v) is 6.69. The van der Waals surface area contributed by atoms with Crippen molar-refractivity contribution in [1.82, 2.24) is 14.7 Å². The van der Waals surface area contributed by atoms with Gasteiger partial charge < -0.3 is 14.5 Å². The highest BCUT2D eigenvalue weighted by atomic mass is 16.6. The van der Waals surface area contributed by atoms with Crippen LogP contribution in [0.5, 0.6) is 0 Å². The van der Waals surface area contributed by atoms with Gasteiger partial charge in [-0.25, -0.2) is 4.79 Å². The summed E-state index contributed by atoms with van der Waals surface area (Å²) in [6.45, 7) is 7.95. The maximum Gasteiger partial charge on any atom is 0.410 e. The monoisotopic (exact) mass is 399 g/mol. The van der Waals surface area contributed by atoms with Crippen molar-refractivity contribution in [2.45, 2.75) is 58.2 Å². The minimum atomic E-state index is -0.275. The number of likely N-dealkylation sites (tertiary alicyclic amines) is 2. The zero-order valence-corrected chi connectivity index (χ0v) is 17.4. The van der Waals surface area contributed by atoms with Gasteiger partial charge in [0.15, 0.2) is 0 Å². The molecule has 0 radical (unpaired) electrons. The summed E-state index contributed by atoms with van der Waals surface area (Å²) in [6, 6.07) is 6.11. The topological polar surface area (TPSA) is 70.2 Å². The maximum absolute atomic E-state index is 12.8. The fourth-order valence-corrected chi connectivity index (χ4v) is 4.93. The minimum Gasteiger partial charge on any atom is -0.442 e. The summed E-state index contributed by atoms with van der Waals surface area (Å²) in [7, 11) is 0. The van der Waals surface area contributed by atoms with E-state index in [2.05, 4.69) is 0 Å². The Bertz CT molecular complexity index is 811. The molecule has 1 aromatic carbocycles. The molecule has 7 nitrogen and oxygen atoms in total. The van der Waals surface area contributed by atoms with Gasteiger partial charge >= 0.3 is 6.09 Å². The van der Waals surface area contributed by atoms with Gasteiger partial charge in [-0.15, -0.1) is 0 Å². The number of benzene rings is 1. The fourth-order valence-electron chi connectivity index (χ4n) is 4.93. The number of hydrogen-bond acceptors (Lipinski definition) is 4. The summed E-state index contributed by atoms with van der Waals surface area (Å²) in [5.74, 6) is 0.161. The lowest BCUT2D eigenvalue weighted by Gasteiger charge is -2.38. The van der Waals surface area contributed by atoms with Crippen LogP contribution in [0.25, 0.3) is 0 Å². The molecule has 3 fully saturated rings. The Morgan fingerprint density at radius 2 is 1.72 bits per heavy atom. The second-order valence-corrected chi connectivity index (χ2v) is 8.48. The fraction of sp³-hybridized carbons (Fsp3) is 0.591. The average molecular weight is 399 g/mol. The lowest BCUT2D eigenvalue weighted by Crippen LogP contribution is -2.51. The molecular formula is C22H29N3O4. The molecule has 7 heteroatoms. The zero-order valence-electron chi connectivity index (χ0n) is 17.4. The van der Waals surface area contributed by atoms with Gasteiger partial charge in [0.25, 0.3) is 0 Å². The zero-order chi connectivity index (χ0) is 20.7. The van der Waals surface area contributed by atoms with Gasteiger partial charge in [-0.1, -0.05) is 18.2 Å². The molecule has 156 valence electrons. The highest BCUT2D eigenvalue weighted by Gasteiger charge is 2.51. The molecule has 0 aromatic heterocycles. The lowest BCUT2D eigenvalue weighted by atomic mass is 9.97. The van der Waals surface area contributed by atoms with E-state index in [1.165, 1.54) is 0 Å². The van der Waals surface area contributed by atoms with E-state index in [0.29, 0.717) is 32.6 Å². The molecule has 0 spiro atoms. The van der Waals surface area contributed by atoms with Crippen molar-refractivity contribution in [3.63, 3.8) is 0 Å². The van der Waals surface area contributed by atoms with Crippen molar-refractivity contribution in [2.75, 3.05) is 26.2 Å². The summed E-state index contributed by atoms with van der Waals surface area (Å²) in [5.41, 5.74) is 3.41. The van der Waals surface area contributed by atoms with Crippen LogP contribution >= 0.6 is 0 Å². The van der Waals surface area contributed by atoms with Crippen LogP contribution in [0.4, 0.5) is 4.79 Å². The molecule has 3 amide bonds. The Balaban J connectivity index is 1.36. The number of rotatable bonds is 3. The number of ether oxygens (including phenoxy) is 1. The van der Waals surface area contributed by atoms with Crippen LogP contribution in [0.15, 0.2) is 18.2 Å². The summed E-state index contributed by atoms with van der Waals surface area (Å²) in [4.78, 5) is 42.4. The van der Waals surface area contributed by atoms with Crippen LogP contribution in [-0.2, 0) is 20.7 Å². The average Bonchev–Trinajstić information content (AvgIpc) is 3.21. The summed E-state index contributed by atoms with van der Waals surface area (Å²) < 4.78 is 5.52. The van der Waals surface area contributed by atoms with Crippen molar-refractivity contribution in [2.24, 2.45) is 0 Å². The molecule has 4 rings (SSSR count). The number of piperidine rings is 1. The Morgan fingerprint density at radius 1 is 1.07 bits per heavy atom. The Kier molecular flexibility index (Phi) is 5.23. The number of aryl methyl sites for hydroxylation is 2. The largest absolute Gasteiger partial charge is 0.442 e. The normalized spacial score (nSPS) is 24.7. The third kappa shape index (κ3) is 3.70. The molecule has 3 heterocycles. The second kappa shape index (κ2) is 7.69. The minimum absolute atomic E-state index is 0.0160. The molecule has 3 saturated heterocycles. The highest BCUT2D eigenvalue weighted by Crippen LogP contribution is 2.32. The molecule has 0 aliphatic carbocycles. The van der Waals surface area contributed by atoms with Gasteiger partial charge in [0.2, 0.25) is 11.8 Å². The van der Waals surface area contributed by atoms with Crippen LogP contribution in [0.2, 0.25) is 0 Å². The molecule has 0 saturated carbocycles. The molecule has 0 unspecified atom stereocenters. The van der Waals surface area contributed by atoms with E-state index in [1.54, 1.807) is 11.8 Å². The number of nitrogens with zero attached hydrogens (tertiary/aromatic N) is 3. The molecule has 29 heavy (non-hydrogen) atoms. The predicted molar refractivity (Wildman–Crippen MR) is 107 cm³/mol. The van der Waals surface area contributed by atoms with E-state index in [1.807, 2.05) is 41.8 Å². The van der Waals surface area contributed by atoms with E-state index in [-0.39, 0.29) is 36.1 Å². The molecule has 0 bridgehead atoms. The van der Waals surface area contributed by atoms with Crippen LogP contribution in [0.3, 0.4) is 0 Å². The van der Waals surface area contributed by atoms with Crippen LogP contribution < -0.4 is 0 Å². The van der Waals surface area contributed by atoms with Crippen LogP contribution in [-0.4, -0.2) is 77.0 Å². The first-order valence-corrected chi connectivity index (χ1v) is 10.4. The standard InChI is InChI=1S/C22H29N3O4/c1-14-5-4-6-15(2)18(14)11-21(27)23-9-7-17(8-10-23)25-19-12-24(16(3)26)13-20(19)29-22(25)28/h4-6,17,19-20H,7-13H2,1-3H3/t19-,20+/m1/s1. The predicted octanol–water partition coefficient (Wildman–Crippen LogP) is 1.89. The first-order chi connectivity index (χ1) is 13.8. The molecule has 0 N–H and O–H groups in total. The number of amides is 3. The SMILES string of the molecule is CC(=O)N1C[C@@H]2OC(=O)N(C3CCN(C(=O)Cc4c(C)cccc4C)CC3)[C@@H]2C1. The Morgan fingerprint density at radius 3 is 2.34 bits per heavy atom. The second-order valence-electron chi connectivity index (χ2n) is 8.48. The Labute approximate surface area is 171 Å². The molecule has 2 atom stereocenters. The van der Waals surface area contributed by atoms with Crippen molar-refractivity contribution in [3.8, 4) is 0 Å². The first-order valence-electron chi connectivity index (χ1n) is 10.4. The summed E-state index contributed by atoms with van der Waals surface area (Å²) >= 11 is 0. The van der Waals surface area contributed by atoms with E-state index >= 15 is 0 Å². The van der Waals surface area contributed by atoms with Gasteiger partial charge in [-0.2, -0.15) is 0 Å². The number of carbonyl (C=O) groups is 3. The van der Waals surface area contributed by atoms with Gasteiger partial charge in [-0.3, -0.25) is 14.5 Å². The van der Waals surface area contributed by atoms with Gasteiger partial charge in [0.05, 0.1) is 19.0 Å². The van der Waals surface area contributed by atoms with Gasteiger partial charge in [0, 0.05) is 32.6 Å². The van der Waals surface area contributed by atoms with Gasteiger partial charge in [0.1, 0.15) is 6.10 Å². The maximum atomic E-state index is 12.8. The molecule has 3 aliphatic heterocycles. The van der Waals surface area contributed by atoms with E-state index in [9.17, 15) is 14.4 Å². The smallest absolute Gasteiger partial charge is 0.410 e. The lowest BCUT2D eigenvalue weighted by molar-refractivity contribution is -0.132. The quantitative estimate of drug-likeness (QED) is 0.778. The van der Waals surface area contributed by atoms with Crippen molar-refractivity contribution in [3.05, 3.63) is 34.9 Å². The van der Waals surface area contributed by atoms with Crippen LogP contribution in [0.1, 0.15) is 36.5 Å².